The summed E-state index contributed by atoms with van der Waals surface area (Å²) in [4.78, 5) is 24.2. The van der Waals surface area contributed by atoms with E-state index in [0.29, 0.717) is 6.54 Å². The van der Waals surface area contributed by atoms with Gasteiger partial charge >= 0.3 is 0 Å². The number of sulfonamides is 1. The van der Waals surface area contributed by atoms with Crippen molar-refractivity contribution < 1.29 is 13.2 Å². The standard InChI is InChI=1S/C19H26N4O4S/c1-5-12-23-18(24)11-10-17(21-23)19(25)20-13-15-6-8-16(9-7-15)28(26,27)22(4)14(2)3/h6-11,14H,5,12-13H2,1-4H3,(H,20,25). The first-order valence-corrected chi connectivity index (χ1v) is 10.5. The van der Waals surface area contributed by atoms with Crippen molar-refractivity contribution in [3.8, 4) is 0 Å². The number of hydrogen-bond acceptors (Lipinski definition) is 5. The van der Waals surface area contributed by atoms with Gasteiger partial charge in [0.25, 0.3) is 11.5 Å². The normalized spacial score (nSPS) is 11.8. The molecule has 0 atom stereocenters. The summed E-state index contributed by atoms with van der Waals surface area (Å²) in [5, 5.41) is 6.79. The Morgan fingerprint density at radius 1 is 1.18 bits per heavy atom. The van der Waals surface area contributed by atoms with Crippen LogP contribution in [0.5, 0.6) is 0 Å². The first-order valence-electron chi connectivity index (χ1n) is 9.10. The lowest BCUT2D eigenvalue weighted by Crippen LogP contribution is -2.33. The first kappa shape index (κ1) is 21.8. The van der Waals surface area contributed by atoms with Crippen LogP contribution in [0.25, 0.3) is 0 Å². The van der Waals surface area contributed by atoms with Crippen LogP contribution in [0.1, 0.15) is 43.2 Å². The number of hydrogen-bond donors (Lipinski definition) is 1. The van der Waals surface area contributed by atoms with Gasteiger partial charge in [0.15, 0.2) is 0 Å². The average molecular weight is 407 g/mol. The Labute approximate surface area is 165 Å². The number of nitrogens with one attached hydrogen (secondary N) is 1. The number of aryl methyl sites for hydroxylation is 1. The first-order chi connectivity index (χ1) is 13.2. The van der Waals surface area contributed by atoms with Crippen LogP contribution in [-0.2, 0) is 23.1 Å². The second kappa shape index (κ2) is 9.11. The zero-order chi connectivity index (χ0) is 20.9. The summed E-state index contributed by atoms with van der Waals surface area (Å²) < 4.78 is 27.5. The van der Waals surface area contributed by atoms with E-state index in [1.54, 1.807) is 33.0 Å². The number of rotatable bonds is 8. The summed E-state index contributed by atoms with van der Waals surface area (Å²) in [7, 11) is -2.00. The molecule has 2 aromatic rings. The monoisotopic (exact) mass is 406 g/mol. The second-order valence-electron chi connectivity index (χ2n) is 6.72. The smallest absolute Gasteiger partial charge is 0.271 e. The minimum absolute atomic E-state index is 0.146. The zero-order valence-corrected chi connectivity index (χ0v) is 17.4. The van der Waals surface area contributed by atoms with E-state index in [9.17, 15) is 18.0 Å². The Hall–Kier alpha value is -2.52. The molecule has 0 radical (unpaired) electrons. The van der Waals surface area contributed by atoms with Gasteiger partial charge in [-0.1, -0.05) is 19.1 Å². The van der Waals surface area contributed by atoms with Crippen LogP contribution in [0.2, 0.25) is 0 Å². The summed E-state index contributed by atoms with van der Waals surface area (Å²) >= 11 is 0. The van der Waals surface area contributed by atoms with E-state index < -0.39 is 15.9 Å². The topological polar surface area (TPSA) is 101 Å². The van der Waals surface area contributed by atoms with E-state index in [1.807, 2.05) is 6.92 Å². The van der Waals surface area contributed by atoms with E-state index >= 15 is 0 Å². The maximum atomic E-state index is 12.5. The van der Waals surface area contributed by atoms with Gasteiger partial charge < -0.3 is 5.32 Å². The second-order valence-corrected chi connectivity index (χ2v) is 8.72. The number of nitrogens with zero attached hydrogens (tertiary/aromatic N) is 3. The Kier molecular flexibility index (Phi) is 7.09. The minimum Gasteiger partial charge on any atom is -0.347 e. The zero-order valence-electron chi connectivity index (χ0n) is 16.5. The lowest BCUT2D eigenvalue weighted by atomic mass is 10.2. The number of benzene rings is 1. The van der Waals surface area contributed by atoms with Gasteiger partial charge in [-0.3, -0.25) is 9.59 Å². The van der Waals surface area contributed by atoms with Gasteiger partial charge in [-0.2, -0.15) is 9.40 Å². The van der Waals surface area contributed by atoms with Gasteiger partial charge in [0.2, 0.25) is 10.0 Å². The quantitative estimate of drug-likeness (QED) is 0.718. The number of carbonyl (C=O) groups excluding carboxylic acids is 1. The lowest BCUT2D eigenvalue weighted by molar-refractivity contribution is 0.0943. The molecule has 8 nitrogen and oxygen atoms in total. The van der Waals surface area contributed by atoms with Gasteiger partial charge in [0, 0.05) is 32.2 Å². The lowest BCUT2D eigenvalue weighted by Gasteiger charge is -2.21. The molecule has 9 heteroatoms. The van der Waals surface area contributed by atoms with Crippen molar-refractivity contribution in [2.24, 2.45) is 0 Å². The van der Waals surface area contributed by atoms with Gasteiger partial charge in [-0.15, -0.1) is 0 Å². The van der Waals surface area contributed by atoms with E-state index in [4.69, 9.17) is 0 Å². The van der Waals surface area contributed by atoms with Gasteiger partial charge in [-0.25, -0.2) is 13.1 Å². The molecule has 0 spiro atoms. The van der Waals surface area contributed by atoms with Crippen LogP contribution in [0.15, 0.2) is 46.1 Å². The van der Waals surface area contributed by atoms with Gasteiger partial charge in [-0.05, 0) is 44.0 Å². The molecule has 152 valence electrons. The minimum atomic E-state index is -3.54. The number of aromatic nitrogens is 2. The predicted octanol–water partition coefficient (Wildman–Crippen LogP) is 1.61. The van der Waals surface area contributed by atoms with Crippen LogP contribution < -0.4 is 10.9 Å². The largest absolute Gasteiger partial charge is 0.347 e. The molecule has 0 fully saturated rings. The summed E-state index contributed by atoms with van der Waals surface area (Å²) in [6.45, 7) is 6.19. The highest BCUT2D eigenvalue weighted by Crippen LogP contribution is 2.17. The SMILES string of the molecule is CCCn1nc(C(=O)NCc2ccc(S(=O)(=O)N(C)C(C)C)cc2)ccc1=O. The molecule has 1 heterocycles. The van der Waals surface area contributed by atoms with Crippen molar-refractivity contribution in [1.29, 1.82) is 0 Å². The van der Waals surface area contributed by atoms with Crippen molar-refractivity contribution in [2.45, 2.75) is 51.2 Å². The molecule has 28 heavy (non-hydrogen) atoms. The van der Waals surface area contributed by atoms with Crippen LogP contribution >= 0.6 is 0 Å². The van der Waals surface area contributed by atoms with Crippen molar-refractivity contribution in [2.75, 3.05) is 7.05 Å². The third-order valence-electron chi connectivity index (χ3n) is 4.32. The summed E-state index contributed by atoms with van der Waals surface area (Å²) in [5.74, 6) is -0.402. The molecule has 0 aliphatic heterocycles. The average Bonchev–Trinajstić information content (AvgIpc) is 2.67. The summed E-state index contributed by atoms with van der Waals surface area (Å²) in [6, 6.07) is 8.93. The molecule has 0 aliphatic carbocycles. The van der Waals surface area contributed by atoms with Crippen molar-refractivity contribution in [1.82, 2.24) is 19.4 Å². The molecule has 0 unspecified atom stereocenters. The maximum absolute atomic E-state index is 12.5. The van der Waals surface area contributed by atoms with E-state index in [1.165, 1.54) is 33.3 Å². The molecule has 0 aliphatic rings. The molecule has 0 bridgehead atoms. The fourth-order valence-electron chi connectivity index (χ4n) is 2.44. The fourth-order valence-corrected chi connectivity index (χ4v) is 3.81. The number of carbonyl (C=O) groups is 1. The van der Waals surface area contributed by atoms with Crippen LogP contribution in [0, 0.1) is 0 Å². The Morgan fingerprint density at radius 3 is 2.39 bits per heavy atom. The molecule has 1 aromatic heterocycles. The highest BCUT2D eigenvalue weighted by atomic mass is 32.2. The molecule has 1 N–H and O–H groups in total. The third kappa shape index (κ3) is 5.05. The van der Waals surface area contributed by atoms with E-state index in [2.05, 4.69) is 10.4 Å². The Morgan fingerprint density at radius 2 is 1.82 bits per heavy atom. The van der Waals surface area contributed by atoms with Crippen LogP contribution in [0.3, 0.4) is 0 Å². The van der Waals surface area contributed by atoms with Crippen LogP contribution in [0.4, 0.5) is 0 Å². The molecular weight excluding hydrogens is 380 g/mol. The Bertz CT molecular complexity index is 982. The number of amides is 1. The molecule has 0 saturated carbocycles. The van der Waals surface area contributed by atoms with Crippen molar-refractivity contribution in [3.05, 3.63) is 58.0 Å². The molecule has 0 saturated heterocycles. The predicted molar refractivity (Wildman–Crippen MR) is 106 cm³/mol. The van der Waals surface area contributed by atoms with Crippen LogP contribution in [-0.4, -0.2) is 41.5 Å². The maximum Gasteiger partial charge on any atom is 0.271 e. The third-order valence-corrected chi connectivity index (χ3v) is 6.36. The molecule has 1 aromatic carbocycles. The summed E-state index contributed by atoms with van der Waals surface area (Å²) in [5.41, 5.74) is 0.661. The fraction of sp³-hybridized carbons (Fsp3) is 0.421. The Balaban J connectivity index is 2.06. The van der Waals surface area contributed by atoms with E-state index in [0.717, 1.165) is 12.0 Å². The van der Waals surface area contributed by atoms with Crippen molar-refractivity contribution in [3.63, 3.8) is 0 Å². The summed E-state index contributed by atoms with van der Waals surface area (Å²) in [6.07, 6.45) is 0.735. The van der Waals surface area contributed by atoms with E-state index in [-0.39, 0.29) is 28.7 Å². The van der Waals surface area contributed by atoms with Gasteiger partial charge in [0.05, 0.1) is 4.90 Å². The molecule has 2 rings (SSSR count). The highest BCUT2D eigenvalue weighted by molar-refractivity contribution is 7.89. The molecule has 1 amide bonds. The van der Waals surface area contributed by atoms with Gasteiger partial charge in [0.1, 0.15) is 5.69 Å². The van der Waals surface area contributed by atoms with Crippen molar-refractivity contribution >= 4 is 15.9 Å². The highest BCUT2D eigenvalue weighted by Gasteiger charge is 2.22. The molecular formula is C19H26N4O4S.